The maximum absolute atomic E-state index is 12.2. The SMILES string of the molecule is Cc1nc(NS(=O)(=O)c2ccc(N)cc2)nc(C)c1Cl. The molecule has 0 radical (unpaired) electrons. The molecular weight excluding hydrogens is 300 g/mol. The number of rotatable bonds is 3. The molecular formula is C12H13ClN4O2S. The van der Waals surface area contributed by atoms with Crippen molar-refractivity contribution in [1.29, 1.82) is 0 Å². The van der Waals surface area contributed by atoms with Gasteiger partial charge in [0.15, 0.2) is 0 Å². The fourth-order valence-corrected chi connectivity index (χ4v) is 2.60. The Labute approximate surface area is 122 Å². The zero-order valence-corrected chi connectivity index (χ0v) is 12.5. The Hall–Kier alpha value is -1.86. The minimum Gasteiger partial charge on any atom is -0.399 e. The van der Waals surface area contributed by atoms with E-state index in [1.807, 2.05) is 0 Å². The number of nitrogens with one attached hydrogen (secondary N) is 1. The van der Waals surface area contributed by atoms with Gasteiger partial charge in [0, 0.05) is 5.69 Å². The zero-order chi connectivity index (χ0) is 14.9. The third kappa shape index (κ3) is 3.00. The molecule has 0 aliphatic heterocycles. The Morgan fingerprint density at radius 3 is 2.10 bits per heavy atom. The maximum atomic E-state index is 12.2. The largest absolute Gasteiger partial charge is 0.399 e. The monoisotopic (exact) mass is 312 g/mol. The van der Waals surface area contributed by atoms with Gasteiger partial charge in [0.1, 0.15) is 0 Å². The van der Waals surface area contributed by atoms with Gasteiger partial charge in [-0.1, -0.05) is 11.6 Å². The molecule has 0 saturated carbocycles. The highest BCUT2D eigenvalue weighted by Gasteiger charge is 2.16. The molecule has 0 atom stereocenters. The van der Waals surface area contributed by atoms with Crippen molar-refractivity contribution >= 4 is 33.3 Å². The van der Waals surface area contributed by atoms with Crippen LogP contribution >= 0.6 is 11.6 Å². The van der Waals surface area contributed by atoms with Crippen LogP contribution in [0.3, 0.4) is 0 Å². The predicted molar refractivity (Wildman–Crippen MR) is 78.2 cm³/mol. The summed E-state index contributed by atoms with van der Waals surface area (Å²) in [6.07, 6.45) is 0. The van der Waals surface area contributed by atoms with Gasteiger partial charge in [-0.05, 0) is 38.1 Å². The molecule has 8 heteroatoms. The molecule has 0 aliphatic carbocycles. The number of nitrogens with zero attached hydrogens (tertiary/aromatic N) is 2. The predicted octanol–water partition coefficient (Wildman–Crippen LogP) is 2.13. The highest BCUT2D eigenvalue weighted by Crippen LogP contribution is 2.20. The summed E-state index contributed by atoms with van der Waals surface area (Å²) in [4.78, 5) is 8.09. The van der Waals surface area contributed by atoms with Crippen molar-refractivity contribution in [3.8, 4) is 0 Å². The fourth-order valence-electron chi connectivity index (χ4n) is 1.57. The van der Waals surface area contributed by atoms with Gasteiger partial charge in [0.05, 0.1) is 21.3 Å². The highest BCUT2D eigenvalue weighted by atomic mass is 35.5. The number of sulfonamides is 1. The van der Waals surface area contributed by atoms with Crippen LogP contribution in [0.1, 0.15) is 11.4 Å². The number of nitrogen functional groups attached to an aromatic ring is 1. The molecule has 3 N–H and O–H groups in total. The lowest BCUT2D eigenvalue weighted by molar-refractivity contribution is 0.601. The van der Waals surface area contributed by atoms with E-state index in [4.69, 9.17) is 17.3 Å². The molecule has 2 rings (SSSR count). The highest BCUT2D eigenvalue weighted by molar-refractivity contribution is 7.92. The summed E-state index contributed by atoms with van der Waals surface area (Å²) in [6, 6.07) is 5.84. The van der Waals surface area contributed by atoms with Crippen LogP contribution in [0, 0.1) is 13.8 Å². The minimum atomic E-state index is -3.75. The Morgan fingerprint density at radius 1 is 1.10 bits per heavy atom. The van der Waals surface area contributed by atoms with Gasteiger partial charge in [-0.2, -0.15) is 0 Å². The van der Waals surface area contributed by atoms with Gasteiger partial charge < -0.3 is 5.73 Å². The Bertz CT molecular complexity index is 722. The van der Waals surface area contributed by atoms with Crippen molar-refractivity contribution < 1.29 is 8.42 Å². The molecule has 0 fully saturated rings. The molecule has 106 valence electrons. The van der Waals surface area contributed by atoms with Crippen molar-refractivity contribution in [3.05, 3.63) is 40.7 Å². The summed E-state index contributed by atoms with van der Waals surface area (Å²) < 4.78 is 26.6. The van der Waals surface area contributed by atoms with Crippen LogP contribution in [-0.2, 0) is 10.0 Å². The van der Waals surface area contributed by atoms with Crippen molar-refractivity contribution in [2.75, 3.05) is 10.5 Å². The van der Waals surface area contributed by atoms with Gasteiger partial charge >= 0.3 is 0 Å². The number of nitrogens with two attached hydrogens (primary N) is 1. The van der Waals surface area contributed by atoms with Crippen LogP contribution < -0.4 is 10.5 Å². The van der Waals surface area contributed by atoms with Crippen LogP contribution in [0.5, 0.6) is 0 Å². The van der Waals surface area contributed by atoms with E-state index < -0.39 is 10.0 Å². The first-order valence-corrected chi connectivity index (χ1v) is 7.55. The average Bonchev–Trinajstić information content (AvgIpc) is 2.36. The van der Waals surface area contributed by atoms with Crippen molar-refractivity contribution in [2.45, 2.75) is 18.7 Å². The normalized spacial score (nSPS) is 11.3. The van der Waals surface area contributed by atoms with E-state index in [1.54, 1.807) is 13.8 Å². The number of anilines is 2. The van der Waals surface area contributed by atoms with Gasteiger partial charge in [0.25, 0.3) is 10.0 Å². The first-order valence-electron chi connectivity index (χ1n) is 5.69. The van der Waals surface area contributed by atoms with Crippen molar-refractivity contribution in [1.82, 2.24) is 9.97 Å². The number of aromatic nitrogens is 2. The summed E-state index contributed by atoms with van der Waals surface area (Å²) >= 11 is 5.94. The zero-order valence-electron chi connectivity index (χ0n) is 10.9. The third-order valence-electron chi connectivity index (χ3n) is 2.60. The maximum Gasteiger partial charge on any atom is 0.264 e. The average molecular weight is 313 g/mol. The van der Waals surface area contributed by atoms with Gasteiger partial charge in [-0.25, -0.2) is 23.1 Å². The van der Waals surface area contributed by atoms with E-state index >= 15 is 0 Å². The number of aryl methyl sites for hydroxylation is 2. The van der Waals surface area contributed by atoms with E-state index in [-0.39, 0.29) is 10.8 Å². The molecule has 0 saturated heterocycles. The van der Waals surface area contributed by atoms with Crippen LogP contribution in [0.2, 0.25) is 5.02 Å². The third-order valence-corrected chi connectivity index (χ3v) is 4.49. The summed E-state index contributed by atoms with van der Waals surface area (Å²) in [6.45, 7) is 3.36. The number of hydrogen-bond donors (Lipinski definition) is 2. The number of benzene rings is 1. The molecule has 1 heterocycles. The molecule has 0 amide bonds. The topological polar surface area (TPSA) is 98.0 Å². The second kappa shape index (κ2) is 5.26. The smallest absolute Gasteiger partial charge is 0.264 e. The molecule has 0 aliphatic rings. The molecule has 0 bridgehead atoms. The number of halogens is 1. The molecule has 20 heavy (non-hydrogen) atoms. The van der Waals surface area contributed by atoms with E-state index in [0.717, 1.165) is 0 Å². The van der Waals surface area contributed by atoms with E-state index in [1.165, 1.54) is 24.3 Å². The molecule has 1 aromatic heterocycles. The second-order valence-corrected chi connectivity index (χ2v) is 6.27. The summed E-state index contributed by atoms with van der Waals surface area (Å²) in [7, 11) is -3.75. The van der Waals surface area contributed by atoms with Crippen LogP contribution in [0.25, 0.3) is 0 Å². The number of hydrogen-bond acceptors (Lipinski definition) is 5. The quantitative estimate of drug-likeness (QED) is 0.846. The second-order valence-electron chi connectivity index (χ2n) is 4.21. The first kappa shape index (κ1) is 14.5. The lowest BCUT2D eigenvalue weighted by atomic mass is 10.3. The fraction of sp³-hybridized carbons (Fsp3) is 0.167. The van der Waals surface area contributed by atoms with Crippen LogP contribution in [-0.4, -0.2) is 18.4 Å². The molecule has 6 nitrogen and oxygen atoms in total. The Balaban J connectivity index is 2.36. The van der Waals surface area contributed by atoms with Crippen molar-refractivity contribution in [2.24, 2.45) is 0 Å². The van der Waals surface area contributed by atoms with Crippen LogP contribution in [0.15, 0.2) is 29.2 Å². The van der Waals surface area contributed by atoms with Gasteiger partial charge in [-0.15, -0.1) is 0 Å². The van der Waals surface area contributed by atoms with Gasteiger partial charge in [0.2, 0.25) is 5.95 Å². The minimum absolute atomic E-state index is 0.0128. The summed E-state index contributed by atoms with van der Waals surface area (Å²) in [5, 5.41) is 0.417. The van der Waals surface area contributed by atoms with E-state index in [9.17, 15) is 8.42 Å². The van der Waals surface area contributed by atoms with E-state index in [0.29, 0.717) is 22.1 Å². The Kier molecular flexibility index (Phi) is 3.82. The lowest BCUT2D eigenvalue weighted by Gasteiger charge is -2.09. The molecule has 2 aromatic rings. The van der Waals surface area contributed by atoms with E-state index in [2.05, 4.69) is 14.7 Å². The molecule has 1 aromatic carbocycles. The standard InChI is InChI=1S/C12H13ClN4O2S/c1-7-11(13)8(2)16-12(15-7)17-20(18,19)10-5-3-9(14)4-6-10/h3-6H,14H2,1-2H3,(H,15,16,17). The molecule has 0 spiro atoms. The Morgan fingerprint density at radius 2 is 1.60 bits per heavy atom. The first-order chi connectivity index (χ1) is 9.29. The summed E-state index contributed by atoms with van der Waals surface area (Å²) in [5.41, 5.74) is 7.03. The van der Waals surface area contributed by atoms with Gasteiger partial charge in [-0.3, -0.25) is 0 Å². The lowest BCUT2D eigenvalue weighted by Crippen LogP contribution is -2.16. The molecule has 0 unspecified atom stereocenters. The van der Waals surface area contributed by atoms with Crippen LogP contribution in [0.4, 0.5) is 11.6 Å². The summed E-state index contributed by atoms with van der Waals surface area (Å²) in [5.74, 6) is -0.0128. The van der Waals surface area contributed by atoms with Crippen molar-refractivity contribution in [3.63, 3.8) is 0 Å².